The number of Topliss-reactive ketones (excluding diaryl/α,β-unsaturated/α-hetero) is 1. The first-order valence-corrected chi connectivity index (χ1v) is 4.29. The number of alkyl halides is 3. The lowest BCUT2D eigenvalue weighted by Crippen LogP contribution is -2.47. The molecule has 0 bridgehead atoms. The quantitative estimate of drug-likeness (QED) is 0.698. The van der Waals surface area contributed by atoms with Crippen LogP contribution in [0.1, 0.15) is 13.3 Å². The molecular formula is C9H12F3NO. The molecule has 1 rings (SSSR count). The van der Waals surface area contributed by atoms with E-state index in [1.165, 1.54) is 6.92 Å². The Bertz CT molecular complexity index is 264. The number of ketones is 1. The molecule has 0 spiro atoms. The largest absolute Gasteiger partial charge is 0.402 e. The van der Waals surface area contributed by atoms with Gasteiger partial charge in [-0.1, -0.05) is 6.58 Å². The molecule has 1 aliphatic rings. The Labute approximate surface area is 80.2 Å². The molecule has 1 fully saturated rings. The highest BCUT2D eigenvalue weighted by molar-refractivity contribution is 5.99. The van der Waals surface area contributed by atoms with Gasteiger partial charge in [0, 0.05) is 6.54 Å². The first-order valence-electron chi connectivity index (χ1n) is 4.29. The van der Waals surface area contributed by atoms with Crippen molar-refractivity contribution in [2.45, 2.75) is 19.5 Å². The Balaban J connectivity index is 3.05. The minimum atomic E-state index is -4.49. The Morgan fingerprint density at radius 2 is 2.07 bits per heavy atom. The third-order valence-corrected chi connectivity index (χ3v) is 2.52. The van der Waals surface area contributed by atoms with Gasteiger partial charge in [-0.15, -0.1) is 0 Å². The second-order valence-electron chi connectivity index (χ2n) is 3.62. The Morgan fingerprint density at radius 3 is 2.36 bits per heavy atom. The molecule has 1 aliphatic heterocycles. The molecule has 0 radical (unpaired) electrons. The highest BCUT2D eigenvalue weighted by atomic mass is 19.4. The van der Waals surface area contributed by atoms with Crippen LogP contribution in [-0.4, -0.2) is 25.0 Å². The second kappa shape index (κ2) is 3.38. The van der Waals surface area contributed by atoms with Crippen molar-refractivity contribution in [3.63, 3.8) is 0 Å². The van der Waals surface area contributed by atoms with Crippen molar-refractivity contribution >= 4 is 5.78 Å². The minimum Gasteiger partial charge on any atom is -0.315 e. The fourth-order valence-electron chi connectivity index (χ4n) is 1.66. The van der Waals surface area contributed by atoms with Crippen LogP contribution in [0.2, 0.25) is 0 Å². The highest BCUT2D eigenvalue weighted by Gasteiger charge is 2.60. The average Bonchev–Trinajstić information content (AvgIpc) is 2.50. The van der Waals surface area contributed by atoms with E-state index >= 15 is 0 Å². The van der Waals surface area contributed by atoms with Crippen LogP contribution in [0.3, 0.4) is 0 Å². The monoisotopic (exact) mass is 207 g/mol. The van der Waals surface area contributed by atoms with Crippen LogP contribution in [0.25, 0.3) is 0 Å². The van der Waals surface area contributed by atoms with Gasteiger partial charge in [-0.05, 0) is 25.5 Å². The molecule has 0 aromatic carbocycles. The summed E-state index contributed by atoms with van der Waals surface area (Å²) in [5, 5.41) is 2.57. The summed E-state index contributed by atoms with van der Waals surface area (Å²) in [5.41, 5.74) is -2.27. The number of halogens is 3. The summed E-state index contributed by atoms with van der Waals surface area (Å²) in [5.74, 6) is -0.894. The maximum Gasteiger partial charge on any atom is 0.402 e. The van der Waals surface area contributed by atoms with Gasteiger partial charge in [0.25, 0.3) is 0 Å². The van der Waals surface area contributed by atoms with E-state index in [0.717, 1.165) is 0 Å². The smallest absolute Gasteiger partial charge is 0.315 e. The zero-order chi connectivity index (χ0) is 11.0. The van der Waals surface area contributed by atoms with Gasteiger partial charge in [0.2, 0.25) is 0 Å². The van der Waals surface area contributed by atoms with Gasteiger partial charge in [0.15, 0.2) is 5.78 Å². The number of carbonyl (C=O) groups excluding carboxylic acids is 1. The van der Waals surface area contributed by atoms with Crippen LogP contribution in [0, 0.1) is 5.41 Å². The van der Waals surface area contributed by atoms with E-state index in [0.29, 0.717) is 0 Å². The van der Waals surface area contributed by atoms with E-state index in [2.05, 4.69) is 11.9 Å². The maximum absolute atomic E-state index is 12.7. The van der Waals surface area contributed by atoms with Crippen LogP contribution in [0.15, 0.2) is 12.2 Å². The third-order valence-electron chi connectivity index (χ3n) is 2.52. The fourth-order valence-corrected chi connectivity index (χ4v) is 1.66. The molecule has 0 aromatic rings. The van der Waals surface area contributed by atoms with E-state index in [9.17, 15) is 18.0 Å². The van der Waals surface area contributed by atoms with E-state index in [1.54, 1.807) is 0 Å². The van der Waals surface area contributed by atoms with Gasteiger partial charge >= 0.3 is 6.18 Å². The number of nitrogens with one attached hydrogen (secondary N) is 1. The topological polar surface area (TPSA) is 29.1 Å². The molecule has 0 aromatic heterocycles. The molecule has 0 saturated carbocycles. The molecule has 0 amide bonds. The van der Waals surface area contributed by atoms with E-state index in [1.807, 2.05) is 0 Å². The number of hydrogen-bond acceptors (Lipinski definition) is 2. The van der Waals surface area contributed by atoms with Gasteiger partial charge in [0.05, 0.1) is 0 Å². The van der Waals surface area contributed by atoms with Crippen molar-refractivity contribution in [1.82, 2.24) is 5.32 Å². The SMILES string of the molecule is C=C(C)C(=O)C1(C(F)(F)F)CCNC1. The first-order chi connectivity index (χ1) is 6.31. The standard InChI is InChI=1S/C9H12F3NO/c1-6(2)7(14)8(9(10,11)12)3-4-13-5-8/h13H,1,3-5H2,2H3. The molecule has 80 valence electrons. The number of allylic oxidation sites excluding steroid dienone is 1. The number of hydrogen-bond donors (Lipinski definition) is 1. The second-order valence-corrected chi connectivity index (χ2v) is 3.62. The molecule has 1 saturated heterocycles. The van der Waals surface area contributed by atoms with Crippen molar-refractivity contribution in [2.75, 3.05) is 13.1 Å². The van der Waals surface area contributed by atoms with Crippen molar-refractivity contribution < 1.29 is 18.0 Å². The van der Waals surface area contributed by atoms with Crippen LogP contribution in [-0.2, 0) is 4.79 Å². The summed E-state index contributed by atoms with van der Waals surface area (Å²) in [7, 11) is 0. The molecule has 1 atom stereocenters. The van der Waals surface area contributed by atoms with Crippen LogP contribution in [0.5, 0.6) is 0 Å². The van der Waals surface area contributed by atoms with Gasteiger partial charge in [-0.3, -0.25) is 4.79 Å². The van der Waals surface area contributed by atoms with Crippen molar-refractivity contribution in [3.8, 4) is 0 Å². The summed E-state index contributed by atoms with van der Waals surface area (Å²) >= 11 is 0. The van der Waals surface area contributed by atoms with E-state index in [4.69, 9.17) is 0 Å². The summed E-state index contributed by atoms with van der Waals surface area (Å²) in [6.07, 6.45) is -4.69. The van der Waals surface area contributed by atoms with Gasteiger partial charge in [-0.25, -0.2) is 0 Å². The maximum atomic E-state index is 12.7. The van der Waals surface area contributed by atoms with Crippen LogP contribution < -0.4 is 5.32 Å². The fraction of sp³-hybridized carbons (Fsp3) is 0.667. The lowest BCUT2D eigenvalue weighted by atomic mass is 9.79. The summed E-state index contributed by atoms with van der Waals surface area (Å²) < 4.78 is 38.2. The zero-order valence-electron chi connectivity index (χ0n) is 7.87. The van der Waals surface area contributed by atoms with Crippen LogP contribution in [0.4, 0.5) is 13.2 Å². The molecule has 0 aliphatic carbocycles. The van der Waals surface area contributed by atoms with Crippen molar-refractivity contribution in [2.24, 2.45) is 5.41 Å². The average molecular weight is 207 g/mol. The molecule has 1 N–H and O–H groups in total. The van der Waals surface area contributed by atoms with Crippen LogP contribution >= 0.6 is 0 Å². The highest BCUT2D eigenvalue weighted by Crippen LogP contribution is 2.44. The lowest BCUT2D eigenvalue weighted by molar-refractivity contribution is -0.212. The summed E-state index contributed by atoms with van der Waals surface area (Å²) in [6.45, 7) is 4.48. The molecule has 1 unspecified atom stereocenters. The van der Waals surface area contributed by atoms with Crippen molar-refractivity contribution in [1.29, 1.82) is 0 Å². The van der Waals surface area contributed by atoms with E-state index in [-0.39, 0.29) is 25.1 Å². The Morgan fingerprint density at radius 1 is 1.50 bits per heavy atom. The molecule has 1 heterocycles. The minimum absolute atomic E-state index is 0.0361. The predicted molar refractivity (Wildman–Crippen MR) is 45.8 cm³/mol. The van der Waals surface area contributed by atoms with Gasteiger partial charge < -0.3 is 5.32 Å². The molecule has 14 heavy (non-hydrogen) atoms. The predicted octanol–water partition coefficient (Wildman–Crippen LogP) is 1.67. The number of rotatable bonds is 2. The van der Waals surface area contributed by atoms with Gasteiger partial charge in [0.1, 0.15) is 5.41 Å². The van der Waals surface area contributed by atoms with Gasteiger partial charge in [-0.2, -0.15) is 13.2 Å². The molecule has 2 nitrogen and oxygen atoms in total. The molecule has 5 heteroatoms. The van der Waals surface area contributed by atoms with E-state index < -0.39 is 17.4 Å². The third kappa shape index (κ3) is 1.56. The summed E-state index contributed by atoms with van der Waals surface area (Å²) in [6, 6.07) is 0. The Kier molecular flexibility index (Phi) is 2.71. The summed E-state index contributed by atoms with van der Waals surface area (Å²) in [4.78, 5) is 11.5. The molecular weight excluding hydrogens is 195 g/mol. The van der Waals surface area contributed by atoms with Crippen molar-refractivity contribution in [3.05, 3.63) is 12.2 Å². The first kappa shape index (κ1) is 11.2. The lowest BCUT2D eigenvalue weighted by Gasteiger charge is -2.29. The normalized spacial score (nSPS) is 27.7. The Hall–Kier alpha value is -0.840. The zero-order valence-corrected chi connectivity index (χ0v) is 7.87. The number of carbonyl (C=O) groups is 1.